The highest BCUT2D eigenvalue weighted by molar-refractivity contribution is 7.99. The van der Waals surface area contributed by atoms with Crippen molar-refractivity contribution in [3.8, 4) is 5.69 Å². The maximum Gasteiger partial charge on any atom is 0.295 e. The summed E-state index contributed by atoms with van der Waals surface area (Å²) in [6, 6.07) is 19.9. The molecule has 0 bridgehead atoms. The number of thiophene rings is 1. The van der Waals surface area contributed by atoms with Crippen molar-refractivity contribution in [1.82, 2.24) is 9.36 Å². The number of para-hydroxylation sites is 1. The van der Waals surface area contributed by atoms with Gasteiger partial charge in [-0.05, 0) is 48.7 Å². The summed E-state index contributed by atoms with van der Waals surface area (Å²) in [7, 11) is 1.77. The normalized spacial score (nSPS) is 10.8. The van der Waals surface area contributed by atoms with Crippen LogP contribution < -0.4 is 16.2 Å². The highest BCUT2D eigenvalue weighted by atomic mass is 32.2. The largest absolute Gasteiger partial charge is 0.325 e. The molecule has 0 aliphatic carbocycles. The summed E-state index contributed by atoms with van der Waals surface area (Å²) in [4.78, 5) is 39.5. The number of amides is 2. The molecule has 0 unspecified atom stereocenters. The lowest BCUT2D eigenvalue weighted by molar-refractivity contribution is -0.113. The Labute approximate surface area is 205 Å². The fraction of sp³-hybridized carbons (Fsp3) is 0.160. The van der Waals surface area contributed by atoms with E-state index < -0.39 is 5.91 Å². The smallest absolute Gasteiger partial charge is 0.295 e. The maximum absolute atomic E-state index is 13.0. The predicted octanol–water partition coefficient (Wildman–Crippen LogP) is 4.67. The Hall–Kier alpha value is -3.56. The van der Waals surface area contributed by atoms with Crippen LogP contribution in [0.2, 0.25) is 0 Å². The van der Waals surface area contributed by atoms with E-state index in [1.165, 1.54) is 21.3 Å². The molecule has 34 heavy (non-hydrogen) atoms. The standard InChI is InChI=1S/C25H24N4O3S2/c1-17-23(25(32)29(28(17)2)20-10-4-3-5-11-20)27-24(31)18-8-6-9-19(14-18)26-22(30)16-33-15-21-12-7-13-34-21/h3-14H,15-16H2,1-2H3,(H,26,30)(H,27,31). The number of aromatic nitrogens is 2. The molecule has 2 heterocycles. The van der Waals surface area contributed by atoms with E-state index >= 15 is 0 Å². The molecule has 0 aliphatic heterocycles. The molecule has 2 aromatic heterocycles. The van der Waals surface area contributed by atoms with Gasteiger partial charge in [0.25, 0.3) is 11.5 Å². The van der Waals surface area contributed by atoms with E-state index in [2.05, 4.69) is 10.6 Å². The van der Waals surface area contributed by atoms with Gasteiger partial charge in [-0.2, -0.15) is 0 Å². The Morgan fingerprint density at radius 1 is 1.00 bits per heavy atom. The number of thioether (sulfide) groups is 1. The highest BCUT2D eigenvalue weighted by Crippen LogP contribution is 2.19. The van der Waals surface area contributed by atoms with E-state index in [1.54, 1.807) is 54.3 Å². The minimum atomic E-state index is -0.422. The van der Waals surface area contributed by atoms with Crippen LogP contribution in [0.5, 0.6) is 0 Å². The molecule has 4 aromatic rings. The summed E-state index contributed by atoms with van der Waals surface area (Å²) in [5.74, 6) is 0.541. The molecule has 2 N–H and O–H groups in total. The third-order valence-electron chi connectivity index (χ3n) is 5.26. The zero-order chi connectivity index (χ0) is 24.1. The van der Waals surface area contributed by atoms with Gasteiger partial charge in [0.1, 0.15) is 5.69 Å². The molecular formula is C25H24N4O3S2. The summed E-state index contributed by atoms with van der Waals surface area (Å²) in [6.07, 6.45) is 0. The molecular weight excluding hydrogens is 468 g/mol. The molecule has 9 heteroatoms. The van der Waals surface area contributed by atoms with Gasteiger partial charge in [0.2, 0.25) is 5.91 Å². The molecule has 0 fully saturated rings. The van der Waals surface area contributed by atoms with E-state index in [4.69, 9.17) is 0 Å². The van der Waals surface area contributed by atoms with Gasteiger partial charge in [-0.15, -0.1) is 23.1 Å². The van der Waals surface area contributed by atoms with Crippen LogP contribution in [0.25, 0.3) is 5.69 Å². The molecule has 0 atom stereocenters. The number of benzene rings is 2. The monoisotopic (exact) mass is 492 g/mol. The van der Waals surface area contributed by atoms with Crippen molar-refractivity contribution in [3.05, 3.63) is 98.6 Å². The fourth-order valence-electron chi connectivity index (χ4n) is 3.47. The first-order valence-electron chi connectivity index (χ1n) is 10.6. The topological polar surface area (TPSA) is 85.1 Å². The lowest BCUT2D eigenvalue weighted by Gasteiger charge is -2.08. The van der Waals surface area contributed by atoms with Gasteiger partial charge in [0.15, 0.2) is 0 Å². The Bertz CT molecular complexity index is 1360. The number of nitrogens with zero attached hydrogens (tertiary/aromatic N) is 2. The van der Waals surface area contributed by atoms with Gasteiger partial charge in [0, 0.05) is 28.9 Å². The van der Waals surface area contributed by atoms with Crippen molar-refractivity contribution in [1.29, 1.82) is 0 Å². The Morgan fingerprint density at radius 2 is 1.79 bits per heavy atom. The average Bonchev–Trinajstić information content (AvgIpc) is 3.42. The molecule has 7 nitrogen and oxygen atoms in total. The van der Waals surface area contributed by atoms with E-state index in [9.17, 15) is 14.4 Å². The van der Waals surface area contributed by atoms with Crippen LogP contribution in [0.4, 0.5) is 11.4 Å². The van der Waals surface area contributed by atoms with Crippen molar-refractivity contribution in [2.45, 2.75) is 12.7 Å². The molecule has 2 amide bonds. The van der Waals surface area contributed by atoms with Crippen molar-refractivity contribution in [2.75, 3.05) is 16.4 Å². The van der Waals surface area contributed by atoms with Crippen LogP contribution in [0, 0.1) is 6.92 Å². The minimum absolute atomic E-state index is 0.135. The Morgan fingerprint density at radius 3 is 2.53 bits per heavy atom. The molecule has 0 saturated heterocycles. The number of anilines is 2. The zero-order valence-electron chi connectivity index (χ0n) is 18.8. The van der Waals surface area contributed by atoms with E-state index in [0.29, 0.717) is 28.4 Å². The summed E-state index contributed by atoms with van der Waals surface area (Å²) in [6.45, 7) is 1.78. The molecule has 0 radical (unpaired) electrons. The van der Waals surface area contributed by atoms with Crippen molar-refractivity contribution >= 4 is 46.3 Å². The lowest BCUT2D eigenvalue weighted by atomic mass is 10.2. The van der Waals surface area contributed by atoms with Gasteiger partial charge >= 0.3 is 0 Å². The number of hydrogen-bond acceptors (Lipinski definition) is 5. The second-order valence-electron chi connectivity index (χ2n) is 7.59. The van der Waals surface area contributed by atoms with Gasteiger partial charge in [-0.1, -0.05) is 30.3 Å². The number of rotatable bonds is 8. The highest BCUT2D eigenvalue weighted by Gasteiger charge is 2.19. The molecule has 4 rings (SSSR count). The Kier molecular flexibility index (Phi) is 7.34. The zero-order valence-corrected chi connectivity index (χ0v) is 20.4. The fourth-order valence-corrected chi connectivity index (χ4v) is 5.14. The molecule has 0 saturated carbocycles. The van der Waals surface area contributed by atoms with Gasteiger partial charge in [0.05, 0.1) is 17.1 Å². The first kappa shape index (κ1) is 23.6. The van der Waals surface area contributed by atoms with Crippen LogP contribution in [0.1, 0.15) is 20.9 Å². The van der Waals surface area contributed by atoms with E-state index in [1.807, 2.05) is 47.8 Å². The van der Waals surface area contributed by atoms with E-state index in [-0.39, 0.29) is 17.2 Å². The first-order chi connectivity index (χ1) is 16.4. The van der Waals surface area contributed by atoms with Crippen LogP contribution in [-0.4, -0.2) is 26.9 Å². The summed E-state index contributed by atoms with van der Waals surface area (Å²) in [5.41, 5.74) is 2.12. The van der Waals surface area contributed by atoms with Crippen molar-refractivity contribution in [2.24, 2.45) is 7.05 Å². The van der Waals surface area contributed by atoms with Crippen LogP contribution in [0.15, 0.2) is 76.9 Å². The van der Waals surface area contributed by atoms with Crippen LogP contribution in [-0.2, 0) is 17.6 Å². The molecule has 2 aromatic carbocycles. The van der Waals surface area contributed by atoms with Crippen LogP contribution >= 0.6 is 23.1 Å². The summed E-state index contributed by atoms with van der Waals surface area (Å²) < 4.78 is 3.22. The third kappa shape index (κ3) is 5.32. The third-order valence-corrected chi connectivity index (χ3v) is 7.30. The number of nitrogens with one attached hydrogen (secondary N) is 2. The molecule has 0 spiro atoms. The number of hydrogen-bond donors (Lipinski definition) is 2. The predicted molar refractivity (Wildman–Crippen MR) is 139 cm³/mol. The molecule has 0 aliphatic rings. The summed E-state index contributed by atoms with van der Waals surface area (Å²) >= 11 is 3.20. The SMILES string of the molecule is Cc1c(NC(=O)c2cccc(NC(=O)CSCc3cccs3)c2)c(=O)n(-c2ccccc2)n1C. The van der Waals surface area contributed by atoms with Crippen molar-refractivity contribution < 1.29 is 9.59 Å². The lowest BCUT2D eigenvalue weighted by Crippen LogP contribution is -2.23. The number of carbonyl (C=O) groups excluding carboxylic acids is 2. The first-order valence-corrected chi connectivity index (χ1v) is 12.6. The molecule has 174 valence electrons. The van der Waals surface area contributed by atoms with Crippen molar-refractivity contribution in [3.63, 3.8) is 0 Å². The average molecular weight is 493 g/mol. The summed E-state index contributed by atoms with van der Waals surface area (Å²) in [5, 5.41) is 7.59. The van der Waals surface area contributed by atoms with E-state index in [0.717, 1.165) is 5.75 Å². The second kappa shape index (κ2) is 10.6. The quantitative estimate of drug-likeness (QED) is 0.374. The second-order valence-corrected chi connectivity index (χ2v) is 9.61. The maximum atomic E-state index is 13.0. The van der Waals surface area contributed by atoms with Gasteiger partial charge in [-0.3, -0.25) is 19.1 Å². The number of carbonyl (C=O) groups is 2. The minimum Gasteiger partial charge on any atom is -0.325 e. The van der Waals surface area contributed by atoms with Gasteiger partial charge < -0.3 is 10.6 Å². The van der Waals surface area contributed by atoms with Gasteiger partial charge in [-0.25, -0.2) is 4.68 Å². The van der Waals surface area contributed by atoms with Crippen LogP contribution in [0.3, 0.4) is 0 Å². The Balaban J connectivity index is 1.44.